The monoisotopic (exact) mass is 1710 g/mol. The highest BCUT2D eigenvalue weighted by Gasteiger charge is 2.35. The average molecular weight is 1710 g/mol. The van der Waals surface area contributed by atoms with Crippen LogP contribution in [0.15, 0.2) is 438 Å². The van der Waals surface area contributed by atoms with Gasteiger partial charge < -0.3 is 41.7 Å². The van der Waals surface area contributed by atoms with E-state index in [1.807, 2.05) is 59.1 Å². The summed E-state index contributed by atoms with van der Waals surface area (Å²) < 4.78 is 31.7. The smallest absolute Gasteiger partial charge is 0.159 e. The number of para-hydroxylation sites is 15. The Hall–Kier alpha value is -17.0. The van der Waals surface area contributed by atoms with Gasteiger partial charge in [0.25, 0.3) is 0 Å². The lowest BCUT2D eigenvalue weighted by Crippen LogP contribution is -2.18. The third kappa shape index (κ3) is 10.5. The fourth-order valence-corrected chi connectivity index (χ4v) is 24.2. The molecule has 0 fully saturated rings. The molecule has 3 aliphatic heterocycles. The van der Waals surface area contributed by atoms with Gasteiger partial charge in [0.1, 0.15) is 27.9 Å². The first kappa shape index (κ1) is 72.2. The molecule has 11 heteroatoms. The van der Waals surface area contributed by atoms with Gasteiger partial charge in [0.05, 0.1) is 100 Å². The number of thiophene rings is 2. The lowest BCUT2D eigenvalue weighted by atomic mass is 10.00. The summed E-state index contributed by atoms with van der Waals surface area (Å²) in [5.41, 5.74) is 33.9. The molecule has 131 heavy (non-hydrogen) atoms. The Kier molecular flexibility index (Phi) is 15.3. The van der Waals surface area contributed by atoms with Gasteiger partial charge in [0, 0.05) is 112 Å². The molecule has 3 aliphatic rings. The van der Waals surface area contributed by atoms with Crippen LogP contribution in [0.1, 0.15) is 0 Å². The van der Waals surface area contributed by atoms with Crippen molar-refractivity contribution in [3.05, 3.63) is 425 Å². The fourth-order valence-electron chi connectivity index (χ4n) is 21.9. The maximum atomic E-state index is 6.56. The van der Waals surface area contributed by atoms with Crippen molar-refractivity contribution in [3.63, 3.8) is 0 Å². The van der Waals surface area contributed by atoms with Crippen LogP contribution in [0.25, 0.3) is 222 Å². The lowest BCUT2D eigenvalue weighted by molar-refractivity contribution is 0.668. The van der Waals surface area contributed by atoms with E-state index in [0.29, 0.717) is 0 Å². The molecule has 0 aliphatic carbocycles. The number of aromatic nitrogens is 3. The fraction of sp³-hybridized carbons (Fsp3) is 0. The molecule has 0 N–H and O–H groups in total. The summed E-state index contributed by atoms with van der Waals surface area (Å²) >= 11 is 3.76. The molecule has 0 spiro atoms. The first-order chi connectivity index (χ1) is 65.0. The lowest BCUT2D eigenvalue weighted by Gasteiger charge is -2.33. The Morgan fingerprint density at radius 1 is 0.176 bits per heavy atom. The zero-order valence-corrected chi connectivity index (χ0v) is 71.8. The van der Waals surface area contributed by atoms with Gasteiger partial charge in [-0.15, -0.1) is 22.7 Å². The Balaban J connectivity index is 0.0000000969. The zero-order valence-electron chi connectivity index (χ0n) is 70.1. The minimum atomic E-state index is 0.893. The highest BCUT2D eigenvalue weighted by molar-refractivity contribution is 7.26. The molecular formula is C120H70N6O3S2. The van der Waals surface area contributed by atoms with E-state index in [1.54, 1.807) is 0 Å². The van der Waals surface area contributed by atoms with Crippen molar-refractivity contribution in [2.45, 2.75) is 0 Å². The molecule has 28 aromatic rings. The topological polar surface area (TPSA) is 63.9 Å². The van der Waals surface area contributed by atoms with E-state index in [2.05, 4.69) is 417 Å². The first-order valence-electron chi connectivity index (χ1n) is 44.5. The van der Waals surface area contributed by atoms with Crippen LogP contribution in [0.2, 0.25) is 0 Å². The van der Waals surface area contributed by atoms with E-state index in [0.717, 1.165) is 105 Å². The molecule has 0 unspecified atom stereocenters. The van der Waals surface area contributed by atoms with Crippen molar-refractivity contribution in [2.75, 3.05) is 14.7 Å². The molecule has 9 nitrogen and oxygen atoms in total. The maximum Gasteiger partial charge on any atom is 0.159 e. The summed E-state index contributed by atoms with van der Waals surface area (Å²) in [7, 11) is 0. The normalized spacial score (nSPS) is 12.7. The summed E-state index contributed by atoms with van der Waals surface area (Å²) in [6, 6.07) is 153. The van der Waals surface area contributed by atoms with Gasteiger partial charge in [-0.25, -0.2) is 0 Å². The van der Waals surface area contributed by atoms with Crippen molar-refractivity contribution < 1.29 is 13.3 Å². The molecule has 8 aromatic heterocycles. The number of furan rings is 3. The van der Waals surface area contributed by atoms with Crippen LogP contribution in [0, 0.1) is 0 Å². The van der Waals surface area contributed by atoms with Gasteiger partial charge in [-0.2, -0.15) is 0 Å². The molecule has 31 rings (SSSR count). The second-order valence-electron chi connectivity index (χ2n) is 34.4. The standard InChI is InChI=1S/C42H24N2O2.C42H24N2S2.C36H22N2O/c2*1-6-18-39-27(9-1)30-12-8-16-37(42(30)46-39)43-34-13-3-4-14-35(34)44-33-21-19-25(23-31(33)29-11-7-15-36(43)41(29)44)26-20-22-40-32(24-26)28-10-2-5-17-38(28)45-40;1-2-10-24(11-3-1)37-31-16-5-6-17-32(31)38-30-21-20-23(22-29(30)27-14-9-18-33(37)35(27)38)25-13-8-15-28-26-12-4-7-19-34(26)39-36(25)28/h2*1-24H;1-22H. The largest absolute Gasteiger partial charge is 0.456 e. The minimum Gasteiger partial charge on any atom is -0.456 e. The molecule has 0 atom stereocenters. The van der Waals surface area contributed by atoms with E-state index >= 15 is 0 Å². The van der Waals surface area contributed by atoms with Crippen molar-refractivity contribution in [1.29, 1.82) is 0 Å². The van der Waals surface area contributed by atoms with Crippen molar-refractivity contribution in [2.24, 2.45) is 0 Å². The number of nitrogens with zero attached hydrogens (tertiary/aromatic N) is 6. The summed E-state index contributed by atoms with van der Waals surface area (Å²) in [5.74, 6) is 0. The van der Waals surface area contributed by atoms with E-state index in [4.69, 9.17) is 13.3 Å². The zero-order chi connectivity index (χ0) is 85.4. The van der Waals surface area contributed by atoms with E-state index in [-0.39, 0.29) is 0 Å². The van der Waals surface area contributed by atoms with Crippen LogP contribution in [0.3, 0.4) is 0 Å². The molecule has 0 saturated heterocycles. The van der Waals surface area contributed by atoms with Gasteiger partial charge in [0.15, 0.2) is 5.58 Å². The Morgan fingerprint density at radius 3 is 1.09 bits per heavy atom. The highest BCUT2D eigenvalue weighted by Crippen LogP contribution is 2.57. The molecule has 11 heterocycles. The Morgan fingerprint density at radius 2 is 0.519 bits per heavy atom. The summed E-state index contributed by atoms with van der Waals surface area (Å²) in [5, 5.41) is 19.6. The Labute approximate surface area is 756 Å². The quantitative estimate of drug-likeness (QED) is 0.165. The van der Waals surface area contributed by atoms with Crippen molar-refractivity contribution in [3.8, 4) is 50.4 Å². The van der Waals surface area contributed by atoms with Crippen LogP contribution in [0.5, 0.6) is 0 Å². The number of hydrogen-bond donors (Lipinski definition) is 0. The van der Waals surface area contributed by atoms with Crippen LogP contribution in [-0.2, 0) is 0 Å². The third-order valence-corrected chi connectivity index (χ3v) is 29.9. The molecular weight excluding hydrogens is 1640 g/mol. The number of hydrogen-bond acceptors (Lipinski definition) is 8. The number of anilines is 9. The molecule has 0 bridgehead atoms. The van der Waals surface area contributed by atoms with E-state index in [1.165, 1.54) is 168 Å². The molecule has 610 valence electrons. The van der Waals surface area contributed by atoms with Crippen molar-refractivity contribution in [1.82, 2.24) is 13.7 Å². The maximum absolute atomic E-state index is 6.56. The first-order valence-corrected chi connectivity index (χ1v) is 46.1. The minimum absolute atomic E-state index is 0.893. The second kappa shape index (κ2) is 27.8. The predicted molar refractivity (Wildman–Crippen MR) is 551 cm³/mol. The highest BCUT2D eigenvalue weighted by atomic mass is 32.1. The molecule has 0 amide bonds. The second-order valence-corrected chi connectivity index (χ2v) is 36.6. The molecule has 0 radical (unpaired) electrons. The molecule has 0 saturated carbocycles. The number of fused-ring (bicyclic) bond motifs is 30. The third-order valence-electron chi connectivity index (χ3n) is 27.5. The van der Waals surface area contributed by atoms with Gasteiger partial charge >= 0.3 is 0 Å². The molecule has 20 aromatic carbocycles. The predicted octanol–water partition coefficient (Wildman–Crippen LogP) is 35.1. The summed E-state index contributed by atoms with van der Waals surface area (Å²) in [6.07, 6.45) is 0. The van der Waals surface area contributed by atoms with Crippen LogP contribution in [-0.4, -0.2) is 13.7 Å². The Bertz CT molecular complexity index is 9380. The number of rotatable bonds is 6. The van der Waals surface area contributed by atoms with Crippen LogP contribution >= 0.6 is 22.7 Å². The van der Waals surface area contributed by atoms with Gasteiger partial charge in [0.2, 0.25) is 0 Å². The van der Waals surface area contributed by atoms with Crippen LogP contribution in [0.4, 0.5) is 51.2 Å². The van der Waals surface area contributed by atoms with E-state index in [9.17, 15) is 0 Å². The van der Waals surface area contributed by atoms with Gasteiger partial charge in [-0.05, 0) is 198 Å². The van der Waals surface area contributed by atoms with Crippen molar-refractivity contribution >= 4 is 245 Å². The van der Waals surface area contributed by atoms with Gasteiger partial charge in [-0.3, -0.25) is 0 Å². The SMILES string of the molecule is c1ccc(N2c3ccccc3-n3c4ccc(-c5cccc6c5oc5ccccc56)cc4c4cccc2c43)cc1.c1ccc2c(c1)N(c1cccc3c1oc1ccccc13)c1cccc3c4cc(-c5ccc6oc7ccccc7c6c5)ccc4n-2c13.c1ccc2c(c1)N(c1cccc3c1sc1ccccc13)c1cccc3c4cc(-c5ccc6sc7ccccc7c6c5)ccc4n-2c13. The summed E-state index contributed by atoms with van der Waals surface area (Å²) in [4.78, 5) is 7.25. The van der Waals surface area contributed by atoms with E-state index < -0.39 is 0 Å². The van der Waals surface area contributed by atoms with Gasteiger partial charge in [-0.1, -0.05) is 255 Å². The summed E-state index contributed by atoms with van der Waals surface area (Å²) in [6.45, 7) is 0. The average Bonchev–Trinajstić information content (AvgIpc) is 1.56. The van der Waals surface area contributed by atoms with Crippen LogP contribution < -0.4 is 14.7 Å². The number of benzene rings is 20.